The number of rotatable bonds is 4. The van der Waals surface area contributed by atoms with E-state index < -0.39 is 10.0 Å². The van der Waals surface area contributed by atoms with Crippen LogP contribution in [0.25, 0.3) is 0 Å². The molecule has 6 nitrogen and oxygen atoms in total. The minimum absolute atomic E-state index is 0.127. The highest BCUT2D eigenvalue weighted by Gasteiger charge is 2.48. The fourth-order valence-corrected chi connectivity index (χ4v) is 7.84. The zero-order valence-electron chi connectivity index (χ0n) is 17.1. The number of carbonyl (C=O) groups excluding carboxylic acids is 1. The normalized spacial score (nSPS) is 35.0. The molecule has 1 aromatic rings. The Morgan fingerprint density at radius 2 is 1.59 bits per heavy atom. The first kappa shape index (κ1) is 19.5. The van der Waals surface area contributed by atoms with Crippen LogP contribution in [-0.4, -0.2) is 62.8 Å². The van der Waals surface area contributed by atoms with E-state index in [9.17, 15) is 13.2 Å². The van der Waals surface area contributed by atoms with Crippen LogP contribution < -0.4 is 5.32 Å². The van der Waals surface area contributed by atoms with Gasteiger partial charge in [0.05, 0.1) is 4.90 Å². The molecular formula is C22H31N3O3S. The molecule has 1 aliphatic heterocycles. The van der Waals surface area contributed by atoms with Gasteiger partial charge in [-0.05, 0) is 81.0 Å². The lowest BCUT2D eigenvalue weighted by molar-refractivity contribution is -0.0119. The molecule has 0 aromatic heterocycles. The maximum atomic E-state index is 13.0. The molecule has 5 aliphatic rings. The van der Waals surface area contributed by atoms with E-state index in [1.165, 1.54) is 36.4 Å². The van der Waals surface area contributed by atoms with Crippen molar-refractivity contribution in [3.8, 4) is 0 Å². The fraction of sp³-hybridized carbons (Fsp3) is 0.682. The molecule has 1 aromatic carbocycles. The summed E-state index contributed by atoms with van der Waals surface area (Å²) in [4.78, 5) is 15.4. The lowest BCUT2D eigenvalue weighted by Gasteiger charge is -2.54. The molecule has 4 saturated carbocycles. The molecule has 5 fully saturated rings. The van der Waals surface area contributed by atoms with Crippen LogP contribution in [-0.2, 0) is 10.0 Å². The van der Waals surface area contributed by atoms with Gasteiger partial charge in [0.1, 0.15) is 0 Å². The van der Waals surface area contributed by atoms with Crippen LogP contribution in [0.2, 0.25) is 0 Å². The van der Waals surface area contributed by atoms with Gasteiger partial charge >= 0.3 is 0 Å². The first-order chi connectivity index (χ1) is 13.9. The summed E-state index contributed by atoms with van der Waals surface area (Å²) in [5, 5.41) is 3.29. The zero-order valence-corrected chi connectivity index (χ0v) is 17.9. The largest absolute Gasteiger partial charge is 0.349 e. The summed E-state index contributed by atoms with van der Waals surface area (Å²) < 4.78 is 27.6. The predicted molar refractivity (Wildman–Crippen MR) is 111 cm³/mol. The summed E-state index contributed by atoms with van der Waals surface area (Å²) in [5.74, 6) is 2.81. The molecule has 4 aliphatic carbocycles. The molecule has 1 heterocycles. The monoisotopic (exact) mass is 417 g/mol. The number of benzene rings is 1. The smallest absolute Gasteiger partial charge is 0.251 e. The number of sulfonamides is 1. The number of nitrogens with one attached hydrogen (secondary N) is 1. The van der Waals surface area contributed by atoms with E-state index in [1.807, 2.05) is 7.05 Å². The Kier molecular flexibility index (Phi) is 4.95. The van der Waals surface area contributed by atoms with Gasteiger partial charge in [-0.1, -0.05) is 6.07 Å². The van der Waals surface area contributed by atoms with Gasteiger partial charge in [0.25, 0.3) is 5.91 Å². The van der Waals surface area contributed by atoms with Crippen molar-refractivity contribution in [1.82, 2.24) is 14.5 Å². The number of amides is 1. The van der Waals surface area contributed by atoms with Gasteiger partial charge in [-0.3, -0.25) is 4.79 Å². The minimum Gasteiger partial charge on any atom is -0.349 e. The Bertz CT molecular complexity index is 864. The van der Waals surface area contributed by atoms with E-state index in [-0.39, 0.29) is 16.8 Å². The van der Waals surface area contributed by atoms with Crippen LogP contribution in [0.3, 0.4) is 0 Å². The van der Waals surface area contributed by atoms with E-state index in [2.05, 4.69) is 10.2 Å². The minimum atomic E-state index is -3.56. The van der Waals surface area contributed by atoms with Crippen molar-refractivity contribution in [2.24, 2.45) is 23.7 Å². The second kappa shape index (κ2) is 7.36. The number of piperazine rings is 1. The molecule has 1 N–H and O–H groups in total. The third kappa shape index (κ3) is 3.62. The van der Waals surface area contributed by atoms with Crippen LogP contribution in [0.4, 0.5) is 0 Å². The number of nitrogens with zero attached hydrogens (tertiary/aromatic N) is 2. The molecule has 1 amide bonds. The number of hydrogen-bond donors (Lipinski definition) is 1. The van der Waals surface area contributed by atoms with E-state index >= 15 is 0 Å². The lowest BCUT2D eigenvalue weighted by atomic mass is 9.54. The molecule has 158 valence electrons. The maximum Gasteiger partial charge on any atom is 0.251 e. The highest BCUT2D eigenvalue weighted by Crippen LogP contribution is 2.53. The third-order valence-corrected chi connectivity index (χ3v) is 9.62. The van der Waals surface area contributed by atoms with Gasteiger partial charge in [-0.2, -0.15) is 4.31 Å². The van der Waals surface area contributed by atoms with E-state index in [0.717, 1.165) is 24.9 Å². The van der Waals surface area contributed by atoms with Crippen molar-refractivity contribution >= 4 is 15.9 Å². The Hall–Kier alpha value is -1.44. The van der Waals surface area contributed by atoms with Crippen molar-refractivity contribution < 1.29 is 13.2 Å². The van der Waals surface area contributed by atoms with Crippen molar-refractivity contribution in [1.29, 1.82) is 0 Å². The van der Waals surface area contributed by atoms with E-state index in [4.69, 9.17) is 0 Å². The summed E-state index contributed by atoms with van der Waals surface area (Å²) >= 11 is 0. The summed E-state index contributed by atoms with van der Waals surface area (Å²) in [7, 11) is -1.57. The fourth-order valence-electron chi connectivity index (χ4n) is 6.37. The molecule has 0 radical (unpaired) electrons. The first-order valence-electron chi connectivity index (χ1n) is 11.0. The van der Waals surface area contributed by atoms with Crippen molar-refractivity contribution in [2.75, 3.05) is 33.2 Å². The van der Waals surface area contributed by atoms with Crippen molar-refractivity contribution in [2.45, 2.75) is 43.0 Å². The Morgan fingerprint density at radius 1 is 0.966 bits per heavy atom. The molecule has 1 saturated heterocycles. The highest BCUT2D eigenvalue weighted by molar-refractivity contribution is 7.89. The van der Waals surface area contributed by atoms with Gasteiger partial charge in [0, 0.05) is 37.8 Å². The van der Waals surface area contributed by atoms with Crippen LogP contribution in [0.1, 0.15) is 42.5 Å². The molecule has 29 heavy (non-hydrogen) atoms. The predicted octanol–water partition coefficient (Wildman–Crippen LogP) is 2.18. The molecule has 0 atom stereocenters. The van der Waals surface area contributed by atoms with Gasteiger partial charge in [-0.15, -0.1) is 0 Å². The van der Waals surface area contributed by atoms with Crippen LogP contribution in [0.15, 0.2) is 29.2 Å². The molecule has 4 bridgehead atoms. The second-order valence-corrected chi connectivity index (χ2v) is 11.6. The lowest BCUT2D eigenvalue weighted by Crippen LogP contribution is -2.55. The third-order valence-electron chi connectivity index (χ3n) is 7.72. The second-order valence-electron chi connectivity index (χ2n) is 9.67. The maximum absolute atomic E-state index is 13.0. The first-order valence-corrected chi connectivity index (χ1v) is 12.4. The number of hydrogen-bond acceptors (Lipinski definition) is 4. The van der Waals surface area contributed by atoms with E-state index in [1.54, 1.807) is 24.3 Å². The van der Waals surface area contributed by atoms with Gasteiger partial charge in [0.15, 0.2) is 0 Å². The highest BCUT2D eigenvalue weighted by atomic mass is 32.2. The van der Waals surface area contributed by atoms with Gasteiger partial charge < -0.3 is 10.2 Å². The quantitative estimate of drug-likeness (QED) is 0.815. The standard InChI is InChI=1S/C22H31N3O3S/c1-24-5-7-25(8-6-24)29(27,28)20-4-2-3-17(14-20)22(26)23-21-18-10-15-9-16(12-18)13-19(21)11-15/h2-4,14-16,18-19,21H,5-13H2,1H3,(H,23,26). The Labute approximate surface area is 173 Å². The molecule has 7 heteroatoms. The summed E-state index contributed by atoms with van der Waals surface area (Å²) in [5.41, 5.74) is 0.453. The van der Waals surface area contributed by atoms with E-state index in [0.29, 0.717) is 30.5 Å². The SMILES string of the molecule is CN1CCN(S(=O)(=O)c2cccc(C(=O)NC3C4CC5CC(C4)CC3C5)c2)CC1. The van der Waals surface area contributed by atoms with Crippen LogP contribution >= 0.6 is 0 Å². The van der Waals surface area contributed by atoms with Gasteiger partial charge in [-0.25, -0.2) is 8.42 Å². The van der Waals surface area contributed by atoms with Crippen molar-refractivity contribution in [3.63, 3.8) is 0 Å². The number of likely N-dealkylation sites (N-methyl/N-ethyl adjacent to an activating group) is 1. The van der Waals surface area contributed by atoms with Crippen LogP contribution in [0.5, 0.6) is 0 Å². The average molecular weight is 418 g/mol. The molecule has 0 spiro atoms. The van der Waals surface area contributed by atoms with Gasteiger partial charge in [0.2, 0.25) is 10.0 Å². The Balaban J connectivity index is 1.31. The number of carbonyl (C=O) groups is 1. The van der Waals surface area contributed by atoms with Crippen LogP contribution in [0, 0.1) is 23.7 Å². The topological polar surface area (TPSA) is 69.7 Å². The zero-order chi connectivity index (χ0) is 20.2. The summed E-state index contributed by atoms with van der Waals surface area (Å²) in [6.45, 7) is 2.43. The average Bonchev–Trinajstić information content (AvgIpc) is 2.70. The summed E-state index contributed by atoms with van der Waals surface area (Å²) in [6, 6.07) is 6.84. The molecule has 0 unspecified atom stereocenters. The molecular weight excluding hydrogens is 386 g/mol. The summed E-state index contributed by atoms with van der Waals surface area (Å²) in [6.07, 6.45) is 6.37. The molecule has 6 rings (SSSR count). The Morgan fingerprint density at radius 3 is 2.21 bits per heavy atom. The van der Waals surface area contributed by atoms with Crippen molar-refractivity contribution in [3.05, 3.63) is 29.8 Å².